The molecule has 2 rings (SSSR count). The Balaban J connectivity index is 1.84. The second-order valence-electron chi connectivity index (χ2n) is 5.10. The fourth-order valence-electron chi connectivity index (χ4n) is 3.10. The molecular weight excluding hydrogens is 172 g/mol. The van der Waals surface area contributed by atoms with Crippen molar-refractivity contribution >= 4 is 0 Å². The second kappa shape index (κ2) is 4.63. The van der Waals surface area contributed by atoms with Gasteiger partial charge in [0.1, 0.15) is 0 Å². The van der Waals surface area contributed by atoms with E-state index in [9.17, 15) is 0 Å². The first-order chi connectivity index (χ1) is 6.79. The molecule has 0 bridgehead atoms. The lowest BCUT2D eigenvalue weighted by Crippen LogP contribution is -2.38. The number of nitrogens with one attached hydrogen (secondary N) is 1. The van der Waals surface area contributed by atoms with E-state index in [1.807, 2.05) is 0 Å². The highest BCUT2D eigenvalue weighted by atomic mass is 15.1. The van der Waals surface area contributed by atoms with Crippen molar-refractivity contribution < 1.29 is 0 Å². The molecule has 0 aliphatic carbocycles. The summed E-state index contributed by atoms with van der Waals surface area (Å²) in [5.74, 6) is 1.93. The van der Waals surface area contributed by atoms with Gasteiger partial charge in [-0.3, -0.25) is 0 Å². The van der Waals surface area contributed by atoms with Gasteiger partial charge in [0.15, 0.2) is 0 Å². The normalized spacial score (nSPS) is 40.3. The van der Waals surface area contributed by atoms with Crippen LogP contribution in [0.2, 0.25) is 0 Å². The van der Waals surface area contributed by atoms with Crippen molar-refractivity contribution in [3.8, 4) is 0 Å². The van der Waals surface area contributed by atoms with Crippen molar-refractivity contribution in [2.24, 2.45) is 11.8 Å². The molecule has 0 radical (unpaired) electrons. The van der Waals surface area contributed by atoms with Crippen molar-refractivity contribution in [3.05, 3.63) is 0 Å². The zero-order valence-electron chi connectivity index (χ0n) is 9.63. The smallest absolute Gasteiger partial charge is 0.00420 e. The van der Waals surface area contributed by atoms with E-state index in [1.165, 1.54) is 45.4 Å². The van der Waals surface area contributed by atoms with Crippen molar-refractivity contribution in [2.45, 2.75) is 39.2 Å². The number of hydrogen-bond donors (Lipinski definition) is 1. The van der Waals surface area contributed by atoms with Crippen LogP contribution < -0.4 is 5.32 Å². The molecule has 2 saturated heterocycles. The molecule has 2 aliphatic heterocycles. The lowest BCUT2D eigenvalue weighted by Gasteiger charge is -2.34. The maximum Gasteiger partial charge on any atom is 0.00420 e. The number of likely N-dealkylation sites (tertiary alicyclic amines) is 1. The zero-order chi connectivity index (χ0) is 9.97. The third-order valence-corrected chi connectivity index (χ3v) is 4.04. The molecule has 14 heavy (non-hydrogen) atoms. The number of hydrogen-bond acceptors (Lipinski definition) is 2. The van der Waals surface area contributed by atoms with Gasteiger partial charge in [-0.15, -0.1) is 0 Å². The van der Waals surface area contributed by atoms with E-state index in [1.54, 1.807) is 0 Å². The minimum Gasteiger partial charge on any atom is -0.314 e. The molecule has 0 aromatic rings. The minimum atomic E-state index is 0.761. The topological polar surface area (TPSA) is 15.3 Å². The van der Waals surface area contributed by atoms with Gasteiger partial charge in [0.05, 0.1) is 0 Å². The lowest BCUT2D eigenvalue weighted by atomic mass is 9.84. The summed E-state index contributed by atoms with van der Waals surface area (Å²) in [6.45, 7) is 9.81. The van der Waals surface area contributed by atoms with Crippen molar-refractivity contribution in [2.75, 3.05) is 26.2 Å². The lowest BCUT2D eigenvalue weighted by molar-refractivity contribution is 0.145. The predicted octanol–water partition coefficient (Wildman–Crippen LogP) is 1.72. The summed E-state index contributed by atoms with van der Waals surface area (Å²) in [6.07, 6.45) is 4.29. The summed E-state index contributed by atoms with van der Waals surface area (Å²) < 4.78 is 0. The molecule has 2 nitrogen and oxygen atoms in total. The summed E-state index contributed by atoms with van der Waals surface area (Å²) in [7, 11) is 0. The SMILES string of the molecule is CCN1CCCC(C2CNC(C)C2)C1. The van der Waals surface area contributed by atoms with Crippen molar-refractivity contribution in [3.63, 3.8) is 0 Å². The van der Waals surface area contributed by atoms with Gasteiger partial charge >= 0.3 is 0 Å². The van der Waals surface area contributed by atoms with Gasteiger partial charge in [0, 0.05) is 12.6 Å². The van der Waals surface area contributed by atoms with Crippen LogP contribution in [0.15, 0.2) is 0 Å². The Kier molecular flexibility index (Phi) is 3.45. The van der Waals surface area contributed by atoms with Crippen LogP contribution in [0, 0.1) is 11.8 Å². The summed E-state index contributed by atoms with van der Waals surface area (Å²) >= 11 is 0. The van der Waals surface area contributed by atoms with Gasteiger partial charge in [-0.25, -0.2) is 0 Å². The van der Waals surface area contributed by atoms with Crippen LogP contribution in [0.4, 0.5) is 0 Å². The highest BCUT2D eigenvalue weighted by molar-refractivity contribution is 4.86. The number of nitrogens with zero attached hydrogens (tertiary/aromatic N) is 1. The molecule has 0 amide bonds. The molecule has 3 atom stereocenters. The molecule has 2 heteroatoms. The first-order valence-corrected chi connectivity index (χ1v) is 6.25. The summed E-state index contributed by atoms with van der Waals surface area (Å²) in [5, 5.41) is 3.58. The van der Waals surface area contributed by atoms with Gasteiger partial charge in [0.2, 0.25) is 0 Å². The quantitative estimate of drug-likeness (QED) is 0.723. The van der Waals surface area contributed by atoms with Gasteiger partial charge in [0.25, 0.3) is 0 Å². The Morgan fingerprint density at radius 2 is 2.21 bits per heavy atom. The van der Waals surface area contributed by atoms with E-state index in [0.29, 0.717) is 0 Å². The Labute approximate surface area is 88.1 Å². The molecule has 82 valence electrons. The Bertz CT molecular complexity index is 181. The van der Waals surface area contributed by atoms with Crippen molar-refractivity contribution in [1.29, 1.82) is 0 Å². The third-order valence-electron chi connectivity index (χ3n) is 4.04. The molecule has 3 unspecified atom stereocenters. The van der Waals surface area contributed by atoms with Gasteiger partial charge in [-0.1, -0.05) is 6.92 Å². The van der Waals surface area contributed by atoms with Crippen LogP contribution in [0.1, 0.15) is 33.1 Å². The highest BCUT2D eigenvalue weighted by Crippen LogP contribution is 2.29. The Hall–Kier alpha value is -0.0800. The minimum absolute atomic E-state index is 0.761. The maximum absolute atomic E-state index is 3.58. The average Bonchev–Trinajstić information content (AvgIpc) is 2.65. The van der Waals surface area contributed by atoms with Crippen molar-refractivity contribution in [1.82, 2.24) is 10.2 Å². The number of piperidine rings is 1. The van der Waals surface area contributed by atoms with Gasteiger partial charge in [-0.2, -0.15) is 0 Å². The molecule has 1 N–H and O–H groups in total. The average molecular weight is 196 g/mol. The van der Waals surface area contributed by atoms with E-state index in [4.69, 9.17) is 0 Å². The van der Waals surface area contributed by atoms with E-state index >= 15 is 0 Å². The van der Waals surface area contributed by atoms with Gasteiger partial charge < -0.3 is 10.2 Å². The third kappa shape index (κ3) is 2.29. The zero-order valence-corrected chi connectivity index (χ0v) is 9.63. The van der Waals surface area contributed by atoms with Crippen LogP contribution in [-0.2, 0) is 0 Å². The summed E-state index contributed by atoms with van der Waals surface area (Å²) in [5.41, 5.74) is 0. The first kappa shape index (κ1) is 10.4. The fraction of sp³-hybridized carbons (Fsp3) is 1.00. The molecule has 2 aliphatic rings. The highest BCUT2D eigenvalue weighted by Gasteiger charge is 2.30. The second-order valence-corrected chi connectivity index (χ2v) is 5.10. The predicted molar refractivity (Wildman–Crippen MR) is 60.4 cm³/mol. The fourth-order valence-corrected chi connectivity index (χ4v) is 3.10. The van der Waals surface area contributed by atoms with E-state index in [-0.39, 0.29) is 0 Å². The molecular formula is C12H24N2. The maximum atomic E-state index is 3.58. The summed E-state index contributed by atoms with van der Waals surface area (Å²) in [6, 6.07) is 0.761. The van der Waals surface area contributed by atoms with E-state index < -0.39 is 0 Å². The van der Waals surface area contributed by atoms with Crippen LogP contribution in [-0.4, -0.2) is 37.1 Å². The Morgan fingerprint density at radius 1 is 1.36 bits per heavy atom. The van der Waals surface area contributed by atoms with Crippen LogP contribution >= 0.6 is 0 Å². The van der Waals surface area contributed by atoms with Crippen LogP contribution in [0.5, 0.6) is 0 Å². The van der Waals surface area contributed by atoms with Crippen LogP contribution in [0.3, 0.4) is 0 Å². The van der Waals surface area contributed by atoms with E-state index in [2.05, 4.69) is 24.1 Å². The molecule has 0 aromatic carbocycles. The largest absolute Gasteiger partial charge is 0.314 e. The molecule has 2 heterocycles. The Morgan fingerprint density at radius 3 is 2.86 bits per heavy atom. The summed E-state index contributed by atoms with van der Waals surface area (Å²) in [4.78, 5) is 2.62. The van der Waals surface area contributed by atoms with Crippen LogP contribution in [0.25, 0.3) is 0 Å². The molecule has 2 fully saturated rings. The van der Waals surface area contributed by atoms with Gasteiger partial charge in [-0.05, 0) is 57.7 Å². The first-order valence-electron chi connectivity index (χ1n) is 6.25. The molecule has 0 aromatic heterocycles. The standard InChI is InChI=1S/C12H24N2/c1-3-14-6-4-5-11(9-14)12-7-10(2)13-8-12/h10-13H,3-9H2,1-2H3. The molecule has 0 saturated carbocycles. The number of rotatable bonds is 2. The monoisotopic (exact) mass is 196 g/mol. The van der Waals surface area contributed by atoms with E-state index in [0.717, 1.165) is 17.9 Å². The molecule has 0 spiro atoms.